The Morgan fingerprint density at radius 2 is 1.52 bits per heavy atom. The van der Waals surface area contributed by atoms with Crippen LogP contribution in [0.5, 0.6) is 28.7 Å². The SMILES string of the molecule is Oc1ccc([C@@H]2Oc3cc(O)c(O)cc3C[C@@H]2O)cc1O. The van der Waals surface area contributed by atoms with Crippen LogP contribution in [0.3, 0.4) is 0 Å². The molecule has 0 unspecified atom stereocenters. The van der Waals surface area contributed by atoms with Crippen molar-refractivity contribution in [2.75, 3.05) is 0 Å². The van der Waals surface area contributed by atoms with Gasteiger partial charge in [0.25, 0.3) is 0 Å². The average molecular weight is 290 g/mol. The van der Waals surface area contributed by atoms with Crippen molar-refractivity contribution in [2.24, 2.45) is 0 Å². The van der Waals surface area contributed by atoms with Crippen molar-refractivity contribution in [1.82, 2.24) is 0 Å². The molecule has 21 heavy (non-hydrogen) atoms. The third kappa shape index (κ3) is 2.30. The molecule has 6 heteroatoms. The van der Waals surface area contributed by atoms with E-state index >= 15 is 0 Å². The summed E-state index contributed by atoms with van der Waals surface area (Å²) < 4.78 is 5.65. The zero-order valence-corrected chi connectivity index (χ0v) is 10.9. The van der Waals surface area contributed by atoms with E-state index in [1.54, 1.807) is 0 Å². The van der Waals surface area contributed by atoms with Gasteiger partial charge in [-0.25, -0.2) is 0 Å². The third-order valence-corrected chi connectivity index (χ3v) is 3.52. The maximum Gasteiger partial charge on any atom is 0.161 e. The number of phenolic OH excluding ortho intramolecular Hbond substituents is 4. The first-order chi connectivity index (χ1) is 9.95. The summed E-state index contributed by atoms with van der Waals surface area (Å²) >= 11 is 0. The number of aliphatic hydroxyl groups excluding tert-OH is 1. The number of phenols is 4. The van der Waals surface area contributed by atoms with Gasteiger partial charge in [-0.1, -0.05) is 6.07 Å². The van der Waals surface area contributed by atoms with Crippen LogP contribution >= 0.6 is 0 Å². The van der Waals surface area contributed by atoms with Gasteiger partial charge in [0.15, 0.2) is 23.0 Å². The van der Waals surface area contributed by atoms with E-state index in [0.29, 0.717) is 16.9 Å². The molecule has 2 aromatic rings. The summed E-state index contributed by atoms with van der Waals surface area (Å²) in [5, 5.41) is 48.0. The summed E-state index contributed by atoms with van der Waals surface area (Å²) in [5.74, 6) is -0.787. The van der Waals surface area contributed by atoms with Gasteiger partial charge < -0.3 is 30.3 Å². The van der Waals surface area contributed by atoms with Crippen LogP contribution in [-0.2, 0) is 6.42 Å². The Kier molecular flexibility index (Phi) is 3.03. The molecular formula is C15H14O6. The number of fused-ring (bicyclic) bond motifs is 1. The Balaban J connectivity index is 1.98. The fourth-order valence-electron chi connectivity index (χ4n) is 2.43. The zero-order valence-electron chi connectivity index (χ0n) is 10.9. The molecular weight excluding hydrogens is 276 g/mol. The van der Waals surface area contributed by atoms with Gasteiger partial charge in [0, 0.05) is 18.1 Å². The molecule has 110 valence electrons. The van der Waals surface area contributed by atoms with Gasteiger partial charge in [0.05, 0.1) is 6.10 Å². The largest absolute Gasteiger partial charge is 0.504 e. The smallest absolute Gasteiger partial charge is 0.161 e. The predicted molar refractivity (Wildman–Crippen MR) is 72.6 cm³/mol. The Morgan fingerprint density at radius 1 is 0.857 bits per heavy atom. The van der Waals surface area contributed by atoms with E-state index in [1.165, 1.54) is 30.3 Å². The van der Waals surface area contributed by atoms with Crippen LogP contribution in [0.25, 0.3) is 0 Å². The van der Waals surface area contributed by atoms with E-state index in [0.717, 1.165) is 0 Å². The van der Waals surface area contributed by atoms with Gasteiger partial charge in [-0.3, -0.25) is 0 Å². The lowest BCUT2D eigenvalue weighted by Gasteiger charge is -2.31. The van der Waals surface area contributed by atoms with Crippen LogP contribution in [0.4, 0.5) is 0 Å². The highest BCUT2D eigenvalue weighted by Crippen LogP contribution is 2.41. The third-order valence-electron chi connectivity index (χ3n) is 3.52. The number of hydrogen-bond acceptors (Lipinski definition) is 6. The van der Waals surface area contributed by atoms with E-state index in [9.17, 15) is 25.5 Å². The van der Waals surface area contributed by atoms with Crippen LogP contribution in [-0.4, -0.2) is 31.6 Å². The molecule has 1 aliphatic rings. The van der Waals surface area contributed by atoms with Crippen LogP contribution in [0.1, 0.15) is 17.2 Å². The topological polar surface area (TPSA) is 110 Å². The second-order valence-corrected chi connectivity index (χ2v) is 5.01. The Morgan fingerprint density at radius 3 is 2.24 bits per heavy atom. The highest BCUT2D eigenvalue weighted by molar-refractivity contribution is 5.51. The van der Waals surface area contributed by atoms with Gasteiger partial charge in [0.2, 0.25) is 0 Å². The summed E-state index contributed by atoms with van der Waals surface area (Å²) in [5.41, 5.74) is 1.08. The van der Waals surface area contributed by atoms with Crippen molar-refractivity contribution < 1.29 is 30.3 Å². The minimum absolute atomic E-state index is 0.232. The van der Waals surface area contributed by atoms with Crippen molar-refractivity contribution >= 4 is 0 Å². The minimum Gasteiger partial charge on any atom is -0.504 e. The Labute approximate surface area is 120 Å². The first-order valence-electron chi connectivity index (χ1n) is 6.37. The maximum atomic E-state index is 10.2. The van der Waals surface area contributed by atoms with E-state index in [4.69, 9.17) is 4.74 Å². The lowest BCUT2D eigenvalue weighted by Crippen LogP contribution is -2.30. The fraction of sp³-hybridized carbons (Fsp3) is 0.200. The van der Waals surface area contributed by atoms with Crippen LogP contribution < -0.4 is 4.74 Å². The summed E-state index contributed by atoms with van der Waals surface area (Å²) in [6.07, 6.45) is -1.39. The summed E-state index contributed by atoms with van der Waals surface area (Å²) in [6, 6.07) is 6.79. The molecule has 6 nitrogen and oxygen atoms in total. The normalized spacial score (nSPS) is 20.6. The first kappa shape index (κ1) is 13.4. The molecule has 0 bridgehead atoms. The van der Waals surface area contributed by atoms with E-state index in [1.807, 2.05) is 0 Å². The highest BCUT2D eigenvalue weighted by atomic mass is 16.5. The molecule has 1 heterocycles. The van der Waals surface area contributed by atoms with Gasteiger partial charge in [-0.05, 0) is 23.8 Å². The summed E-state index contributed by atoms with van der Waals surface area (Å²) in [6.45, 7) is 0. The molecule has 0 fully saturated rings. The number of aliphatic hydroxyl groups is 1. The Bertz CT molecular complexity index is 697. The average Bonchev–Trinajstić information content (AvgIpc) is 2.43. The molecule has 0 aromatic heterocycles. The summed E-state index contributed by atoms with van der Waals surface area (Å²) in [4.78, 5) is 0. The van der Waals surface area contributed by atoms with E-state index in [2.05, 4.69) is 0 Å². The fourth-order valence-corrected chi connectivity index (χ4v) is 2.43. The molecule has 0 amide bonds. The monoisotopic (exact) mass is 290 g/mol. The van der Waals surface area contributed by atoms with Crippen LogP contribution in [0.2, 0.25) is 0 Å². The molecule has 0 radical (unpaired) electrons. The van der Waals surface area contributed by atoms with Gasteiger partial charge in [-0.2, -0.15) is 0 Å². The van der Waals surface area contributed by atoms with E-state index < -0.39 is 12.2 Å². The molecule has 3 rings (SSSR count). The minimum atomic E-state index is -0.884. The summed E-state index contributed by atoms with van der Waals surface area (Å²) in [7, 11) is 0. The predicted octanol–water partition coefficient (Wildman–Crippen LogP) is 1.55. The van der Waals surface area contributed by atoms with Gasteiger partial charge in [0.1, 0.15) is 11.9 Å². The Hall–Kier alpha value is -2.60. The maximum absolute atomic E-state index is 10.2. The van der Waals surface area contributed by atoms with Crippen molar-refractivity contribution in [2.45, 2.75) is 18.6 Å². The first-order valence-corrected chi connectivity index (χ1v) is 6.37. The van der Waals surface area contributed by atoms with Crippen molar-refractivity contribution in [3.05, 3.63) is 41.5 Å². The number of benzene rings is 2. The number of ether oxygens (including phenoxy) is 1. The highest BCUT2D eigenvalue weighted by Gasteiger charge is 2.31. The standard InChI is InChI=1S/C15H14O6/c16-9-2-1-7(3-10(9)17)15-13(20)5-8-4-11(18)12(19)6-14(8)21-15/h1-4,6,13,15-20H,5H2/t13-,15-/m0/s1. The number of hydrogen-bond donors (Lipinski definition) is 5. The van der Waals surface area contributed by atoms with Gasteiger partial charge in [-0.15, -0.1) is 0 Å². The number of rotatable bonds is 1. The number of aromatic hydroxyl groups is 4. The molecule has 1 aliphatic heterocycles. The molecule has 2 atom stereocenters. The molecule has 2 aromatic carbocycles. The van der Waals surface area contributed by atoms with Crippen LogP contribution in [0, 0.1) is 0 Å². The molecule has 5 N–H and O–H groups in total. The second kappa shape index (κ2) is 4.75. The molecule has 0 aliphatic carbocycles. The van der Waals surface area contributed by atoms with Crippen LogP contribution in [0.15, 0.2) is 30.3 Å². The van der Waals surface area contributed by atoms with Crippen molar-refractivity contribution in [1.29, 1.82) is 0 Å². The molecule has 0 saturated heterocycles. The zero-order chi connectivity index (χ0) is 15.1. The quantitative estimate of drug-likeness (QED) is 0.510. The van der Waals surface area contributed by atoms with Gasteiger partial charge >= 0.3 is 0 Å². The van der Waals surface area contributed by atoms with Crippen molar-refractivity contribution in [3.63, 3.8) is 0 Å². The lowest BCUT2D eigenvalue weighted by atomic mass is 9.94. The van der Waals surface area contributed by atoms with E-state index in [-0.39, 0.29) is 29.4 Å². The second-order valence-electron chi connectivity index (χ2n) is 5.01. The van der Waals surface area contributed by atoms with Crippen molar-refractivity contribution in [3.8, 4) is 28.7 Å². The lowest BCUT2D eigenvalue weighted by molar-refractivity contribution is 0.0204. The molecule has 0 saturated carbocycles. The molecule has 0 spiro atoms.